The van der Waals surface area contributed by atoms with Gasteiger partial charge in [0.15, 0.2) is 5.96 Å². The quantitative estimate of drug-likeness (QED) is 0.314. The first-order valence-electron chi connectivity index (χ1n) is 9.32. The number of nitrogens with one attached hydrogen (secondary N) is 2. The summed E-state index contributed by atoms with van der Waals surface area (Å²) in [4.78, 5) is 9.79. The van der Waals surface area contributed by atoms with Crippen LogP contribution in [0.3, 0.4) is 0 Å². The van der Waals surface area contributed by atoms with Gasteiger partial charge < -0.3 is 15.4 Å². The fraction of sp³-hybridized carbons (Fsp3) is 0.941. The number of nitrogens with zero attached hydrogens (tertiary/aromatic N) is 3. The molecule has 6 nitrogen and oxygen atoms in total. The van der Waals surface area contributed by atoms with Gasteiger partial charge in [-0.25, -0.2) is 0 Å². The van der Waals surface area contributed by atoms with Crippen LogP contribution in [0.2, 0.25) is 0 Å². The standard InChI is InChI=1S/C17H35N5O.HI/c1-4-18-17(19-8-9-21(5-2)16-6-7-16)20-14-15(3)22-10-12-23-13-11-22;/h15-16H,4-14H2,1-3H3,(H2,18,19,20);1H. The van der Waals surface area contributed by atoms with Crippen molar-refractivity contribution in [2.45, 2.75) is 45.7 Å². The van der Waals surface area contributed by atoms with Gasteiger partial charge in [0.2, 0.25) is 0 Å². The second-order valence-electron chi connectivity index (χ2n) is 6.50. The van der Waals surface area contributed by atoms with Crippen LogP contribution >= 0.6 is 24.0 Å². The lowest BCUT2D eigenvalue weighted by Crippen LogP contribution is -2.45. The van der Waals surface area contributed by atoms with Gasteiger partial charge in [-0.3, -0.25) is 14.8 Å². The Morgan fingerprint density at radius 3 is 2.54 bits per heavy atom. The van der Waals surface area contributed by atoms with Gasteiger partial charge in [-0.2, -0.15) is 0 Å². The fourth-order valence-corrected chi connectivity index (χ4v) is 3.06. The van der Waals surface area contributed by atoms with E-state index < -0.39 is 0 Å². The minimum absolute atomic E-state index is 0. The molecule has 0 aromatic rings. The third kappa shape index (κ3) is 7.84. The third-order valence-corrected chi connectivity index (χ3v) is 4.69. The molecule has 2 aliphatic rings. The number of likely N-dealkylation sites (N-methyl/N-ethyl adjacent to an activating group) is 1. The maximum absolute atomic E-state index is 5.42. The number of hydrogen-bond acceptors (Lipinski definition) is 4. The molecule has 142 valence electrons. The Morgan fingerprint density at radius 1 is 1.25 bits per heavy atom. The van der Waals surface area contributed by atoms with Gasteiger partial charge in [0, 0.05) is 44.8 Å². The Hall–Kier alpha value is -0.120. The maximum atomic E-state index is 5.42. The molecular formula is C17H36IN5O. The van der Waals surface area contributed by atoms with Crippen LogP contribution < -0.4 is 10.6 Å². The van der Waals surface area contributed by atoms with E-state index in [1.807, 2.05) is 0 Å². The van der Waals surface area contributed by atoms with Crippen LogP contribution in [-0.4, -0.2) is 86.9 Å². The van der Waals surface area contributed by atoms with E-state index in [0.717, 1.165) is 71.0 Å². The SMILES string of the molecule is CCNC(=NCC(C)N1CCOCC1)NCCN(CC)C1CC1.I. The van der Waals surface area contributed by atoms with Gasteiger partial charge in [-0.05, 0) is 33.2 Å². The lowest BCUT2D eigenvalue weighted by molar-refractivity contribution is 0.0220. The molecule has 1 atom stereocenters. The number of ether oxygens (including phenoxy) is 1. The summed E-state index contributed by atoms with van der Waals surface area (Å²) in [7, 11) is 0. The molecule has 1 aliphatic carbocycles. The monoisotopic (exact) mass is 453 g/mol. The second kappa shape index (κ2) is 12.3. The van der Waals surface area contributed by atoms with Crippen LogP contribution in [0.15, 0.2) is 4.99 Å². The van der Waals surface area contributed by atoms with Crippen molar-refractivity contribution >= 4 is 29.9 Å². The molecule has 0 amide bonds. The summed E-state index contributed by atoms with van der Waals surface area (Å²) in [6.07, 6.45) is 2.75. The van der Waals surface area contributed by atoms with Crippen LogP contribution in [0.25, 0.3) is 0 Å². The number of hydrogen-bond donors (Lipinski definition) is 2. The first kappa shape index (κ1) is 21.9. The molecule has 1 saturated heterocycles. The minimum Gasteiger partial charge on any atom is -0.379 e. The highest BCUT2D eigenvalue weighted by atomic mass is 127. The average molecular weight is 453 g/mol. The van der Waals surface area contributed by atoms with Gasteiger partial charge in [0.05, 0.1) is 19.8 Å². The largest absolute Gasteiger partial charge is 0.379 e. The molecule has 0 aromatic carbocycles. The lowest BCUT2D eigenvalue weighted by atomic mass is 10.2. The highest BCUT2D eigenvalue weighted by molar-refractivity contribution is 14.0. The van der Waals surface area contributed by atoms with Gasteiger partial charge in [0.1, 0.15) is 0 Å². The van der Waals surface area contributed by atoms with Crippen molar-refractivity contribution in [2.24, 2.45) is 4.99 Å². The predicted molar refractivity (Wildman–Crippen MR) is 112 cm³/mol. The summed E-state index contributed by atoms with van der Waals surface area (Å²) < 4.78 is 5.42. The van der Waals surface area contributed by atoms with Crippen molar-refractivity contribution in [3.05, 3.63) is 0 Å². The molecule has 0 spiro atoms. The molecule has 2 rings (SSSR count). The Morgan fingerprint density at radius 2 is 1.96 bits per heavy atom. The first-order chi connectivity index (χ1) is 11.2. The smallest absolute Gasteiger partial charge is 0.191 e. The molecule has 1 saturated carbocycles. The molecule has 2 fully saturated rings. The number of morpholine rings is 1. The summed E-state index contributed by atoms with van der Waals surface area (Å²) in [5, 5.41) is 6.84. The molecule has 7 heteroatoms. The molecule has 2 N–H and O–H groups in total. The number of aliphatic imine (C=N–C) groups is 1. The maximum Gasteiger partial charge on any atom is 0.191 e. The van der Waals surface area contributed by atoms with Gasteiger partial charge in [-0.1, -0.05) is 6.92 Å². The zero-order chi connectivity index (χ0) is 16.5. The van der Waals surface area contributed by atoms with E-state index in [1.54, 1.807) is 0 Å². The van der Waals surface area contributed by atoms with Gasteiger partial charge >= 0.3 is 0 Å². The molecule has 0 radical (unpaired) electrons. The predicted octanol–water partition coefficient (Wildman–Crippen LogP) is 1.36. The molecular weight excluding hydrogens is 417 g/mol. The second-order valence-corrected chi connectivity index (χ2v) is 6.50. The van der Waals surface area contributed by atoms with Crippen LogP contribution in [0.4, 0.5) is 0 Å². The van der Waals surface area contributed by atoms with Gasteiger partial charge in [0.25, 0.3) is 0 Å². The first-order valence-corrected chi connectivity index (χ1v) is 9.32. The van der Waals surface area contributed by atoms with Crippen LogP contribution in [0.1, 0.15) is 33.6 Å². The average Bonchev–Trinajstić information content (AvgIpc) is 3.42. The van der Waals surface area contributed by atoms with Crippen molar-refractivity contribution in [2.75, 3.05) is 59.0 Å². The number of guanidine groups is 1. The van der Waals surface area contributed by atoms with Crippen molar-refractivity contribution in [3.63, 3.8) is 0 Å². The zero-order valence-corrected chi connectivity index (χ0v) is 17.9. The summed E-state index contributed by atoms with van der Waals surface area (Å²) >= 11 is 0. The van der Waals surface area contributed by atoms with Crippen molar-refractivity contribution in [3.8, 4) is 0 Å². The van der Waals surface area contributed by atoms with Gasteiger partial charge in [-0.15, -0.1) is 24.0 Å². The van der Waals surface area contributed by atoms with E-state index in [4.69, 9.17) is 9.73 Å². The molecule has 24 heavy (non-hydrogen) atoms. The van der Waals surface area contributed by atoms with Crippen LogP contribution in [0.5, 0.6) is 0 Å². The van der Waals surface area contributed by atoms with E-state index in [9.17, 15) is 0 Å². The Labute approximate surface area is 164 Å². The van der Waals surface area contributed by atoms with E-state index in [2.05, 4.69) is 41.2 Å². The van der Waals surface area contributed by atoms with E-state index >= 15 is 0 Å². The molecule has 1 heterocycles. The third-order valence-electron chi connectivity index (χ3n) is 4.69. The van der Waals surface area contributed by atoms with Crippen molar-refractivity contribution in [1.29, 1.82) is 0 Å². The summed E-state index contributed by atoms with van der Waals surface area (Å²) in [5.41, 5.74) is 0. The van der Waals surface area contributed by atoms with Crippen molar-refractivity contribution in [1.82, 2.24) is 20.4 Å². The molecule has 0 aromatic heterocycles. The molecule has 0 bridgehead atoms. The number of rotatable bonds is 9. The Kier molecular flexibility index (Phi) is 11.2. The van der Waals surface area contributed by atoms with E-state index in [0.29, 0.717) is 6.04 Å². The van der Waals surface area contributed by atoms with E-state index in [-0.39, 0.29) is 24.0 Å². The molecule has 1 unspecified atom stereocenters. The normalized spacial score (nSPS) is 20.6. The topological polar surface area (TPSA) is 52.1 Å². The number of halogens is 1. The van der Waals surface area contributed by atoms with Crippen LogP contribution in [0, 0.1) is 0 Å². The summed E-state index contributed by atoms with van der Waals surface area (Å²) in [6, 6.07) is 1.30. The highest BCUT2D eigenvalue weighted by Gasteiger charge is 2.27. The van der Waals surface area contributed by atoms with Crippen molar-refractivity contribution < 1.29 is 4.74 Å². The fourth-order valence-electron chi connectivity index (χ4n) is 3.06. The Balaban J connectivity index is 0.00000288. The summed E-state index contributed by atoms with van der Waals surface area (Å²) in [6.45, 7) is 15.3. The Bertz CT molecular complexity index is 359. The summed E-state index contributed by atoms with van der Waals surface area (Å²) in [5.74, 6) is 0.944. The van der Waals surface area contributed by atoms with Crippen LogP contribution in [-0.2, 0) is 4.74 Å². The lowest BCUT2D eigenvalue weighted by Gasteiger charge is -2.31. The molecule has 1 aliphatic heterocycles. The minimum atomic E-state index is 0. The highest BCUT2D eigenvalue weighted by Crippen LogP contribution is 2.25. The zero-order valence-electron chi connectivity index (χ0n) is 15.6. The van der Waals surface area contributed by atoms with E-state index in [1.165, 1.54) is 12.8 Å².